The summed E-state index contributed by atoms with van der Waals surface area (Å²) in [4.78, 5) is 15.2. The molecule has 0 aliphatic carbocycles. The van der Waals surface area contributed by atoms with Gasteiger partial charge in [-0.25, -0.2) is 14.2 Å². The summed E-state index contributed by atoms with van der Waals surface area (Å²) < 4.78 is 16.2. The van der Waals surface area contributed by atoms with Gasteiger partial charge in [-0.1, -0.05) is 15.9 Å². The predicted molar refractivity (Wildman–Crippen MR) is 75.2 cm³/mol. The lowest BCUT2D eigenvalue weighted by Gasteiger charge is -1.99. The van der Waals surface area contributed by atoms with Gasteiger partial charge in [-0.3, -0.25) is 0 Å². The van der Waals surface area contributed by atoms with Gasteiger partial charge in [0.15, 0.2) is 0 Å². The van der Waals surface area contributed by atoms with Crippen LogP contribution < -0.4 is 0 Å². The first-order valence-electron chi connectivity index (χ1n) is 5.72. The number of imidazole rings is 1. The molecule has 0 saturated heterocycles. The van der Waals surface area contributed by atoms with Gasteiger partial charge in [0.1, 0.15) is 11.5 Å². The van der Waals surface area contributed by atoms with Crippen LogP contribution in [0.2, 0.25) is 0 Å². The first kappa shape index (κ1) is 12.8. The van der Waals surface area contributed by atoms with Crippen LogP contribution in [-0.4, -0.2) is 20.5 Å². The second-order valence-corrected chi connectivity index (χ2v) is 5.15. The fraction of sp³-hybridized carbons (Fsp3) is 0. The molecule has 6 heteroatoms. The zero-order chi connectivity index (χ0) is 14.3. The lowest BCUT2D eigenvalue weighted by molar-refractivity contribution is 0.0697. The van der Waals surface area contributed by atoms with Crippen LogP contribution in [-0.2, 0) is 0 Å². The third-order valence-electron chi connectivity index (χ3n) is 2.91. The first-order chi connectivity index (χ1) is 9.54. The van der Waals surface area contributed by atoms with Gasteiger partial charge in [0, 0.05) is 22.4 Å². The zero-order valence-electron chi connectivity index (χ0n) is 10.0. The number of halogens is 2. The van der Waals surface area contributed by atoms with E-state index < -0.39 is 5.97 Å². The van der Waals surface area contributed by atoms with Crippen molar-refractivity contribution in [3.05, 3.63) is 58.6 Å². The highest BCUT2D eigenvalue weighted by Gasteiger charge is 2.11. The van der Waals surface area contributed by atoms with E-state index in [1.54, 1.807) is 28.9 Å². The van der Waals surface area contributed by atoms with E-state index in [4.69, 9.17) is 5.11 Å². The minimum Gasteiger partial charge on any atom is -0.478 e. The Morgan fingerprint density at radius 3 is 2.85 bits per heavy atom. The highest BCUT2D eigenvalue weighted by atomic mass is 79.9. The molecule has 1 N–H and O–H groups in total. The quantitative estimate of drug-likeness (QED) is 0.779. The molecule has 20 heavy (non-hydrogen) atoms. The fourth-order valence-electron chi connectivity index (χ4n) is 1.94. The normalized spacial score (nSPS) is 10.9. The van der Waals surface area contributed by atoms with E-state index in [1.165, 1.54) is 18.2 Å². The summed E-state index contributed by atoms with van der Waals surface area (Å²) in [6, 6.07) is 7.51. The van der Waals surface area contributed by atoms with Crippen LogP contribution in [0.4, 0.5) is 4.39 Å². The van der Waals surface area contributed by atoms with Crippen LogP contribution in [0.25, 0.3) is 16.9 Å². The van der Waals surface area contributed by atoms with Gasteiger partial charge in [-0.15, -0.1) is 0 Å². The number of aromatic carboxylic acids is 1. The van der Waals surface area contributed by atoms with Crippen molar-refractivity contribution in [3.8, 4) is 11.3 Å². The van der Waals surface area contributed by atoms with Crippen molar-refractivity contribution in [1.29, 1.82) is 0 Å². The van der Waals surface area contributed by atoms with E-state index >= 15 is 0 Å². The van der Waals surface area contributed by atoms with Gasteiger partial charge in [0.2, 0.25) is 0 Å². The van der Waals surface area contributed by atoms with Crippen LogP contribution in [0.3, 0.4) is 0 Å². The molecule has 0 aliphatic rings. The maximum atomic E-state index is 13.8. The minimum atomic E-state index is -1.02. The Balaban J connectivity index is 2.17. The molecule has 0 saturated carbocycles. The van der Waals surface area contributed by atoms with Gasteiger partial charge in [-0.05, 0) is 30.3 Å². The Morgan fingerprint density at radius 2 is 2.10 bits per heavy atom. The van der Waals surface area contributed by atoms with E-state index in [2.05, 4.69) is 20.9 Å². The van der Waals surface area contributed by atoms with Crippen LogP contribution in [0.1, 0.15) is 10.4 Å². The summed E-state index contributed by atoms with van der Waals surface area (Å²) in [5.41, 5.74) is 1.41. The number of hydrogen-bond acceptors (Lipinski definition) is 2. The molecule has 3 rings (SSSR count). The smallest absolute Gasteiger partial charge is 0.335 e. The second-order valence-electron chi connectivity index (χ2n) is 4.24. The number of rotatable bonds is 2. The largest absolute Gasteiger partial charge is 0.478 e. The summed E-state index contributed by atoms with van der Waals surface area (Å²) in [6.07, 6.45) is 3.25. The average Bonchev–Trinajstić information content (AvgIpc) is 2.83. The summed E-state index contributed by atoms with van der Waals surface area (Å²) in [5.74, 6) is -1.40. The van der Waals surface area contributed by atoms with Gasteiger partial charge < -0.3 is 9.51 Å². The number of benzene rings is 1. The number of fused-ring (bicyclic) bond motifs is 1. The van der Waals surface area contributed by atoms with Crippen molar-refractivity contribution in [2.24, 2.45) is 0 Å². The van der Waals surface area contributed by atoms with Crippen molar-refractivity contribution >= 4 is 27.5 Å². The molecular weight excluding hydrogens is 327 g/mol. The topological polar surface area (TPSA) is 54.6 Å². The number of carboxylic acid groups (broad SMARTS) is 1. The molecular formula is C14H8BrFN2O2. The molecule has 2 heterocycles. The van der Waals surface area contributed by atoms with Crippen LogP contribution in [0.5, 0.6) is 0 Å². The van der Waals surface area contributed by atoms with E-state index in [0.29, 0.717) is 16.9 Å². The summed E-state index contributed by atoms with van der Waals surface area (Å²) >= 11 is 3.29. The Labute approximate surface area is 121 Å². The molecule has 3 aromatic rings. The molecule has 0 atom stereocenters. The fourth-order valence-corrected chi connectivity index (χ4v) is 2.30. The number of aromatic nitrogens is 2. The number of pyridine rings is 1. The molecule has 0 radical (unpaired) electrons. The van der Waals surface area contributed by atoms with Crippen molar-refractivity contribution in [2.45, 2.75) is 0 Å². The van der Waals surface area contributed by atoms with Crippen molar-refractivity contribution in [2.75, 3.05) is 0 Å². The minimum absolute atomic E-state index is 0.143. The van der Waals surface area contributed by atoms with Gasteiger partial charge >= 0.3 is 5.97 Å². The SMILES string of the molecule is O=C(O)c1ccn2cc(-c3cc(Br)ccc3F)nc2c1. The van der Waals surface area contributed by atoms with Gasteiger partial charge in [0.05, 0.1) is 11.3 Å². The monoisotopic (exact) mass is 334 g/mol. The molecule has 0 aliphatic heterocycles. The third kappa shape index (κ3) is 2.18. The maximum Gasteiger partial charge on any atom is 0.335 e. The van der Waals surface area contributed by atoms with Crippen molar-refractivity contribution in [3.63, 3.8) is 0 Å². The van der Waals surface area contributed by atoms with E-state index in [-0.39, 0.29) is 11.4 Å². The van der Waals surface area contributed by atoms with Crippen LogP contribution in [0, 0.1) is 5.82 Å². The molecule has 0 spiro atoms. The zero-order valence-corrected chi connectivity index (χ0v) is 11.6. The average molecular weight is 335 g/mol. The molecule has 0 fully saturated rings. The van der Waals surface area contributed by atoms with Crippen LogP contribution >= 0.6 is 15.9 Å². The number of hydrogen-bond donors (Lipinski definition) is 1. The standard InChI is InChI=1S/C14H8BrFN2O2/c15-9-1-2-11(16)10(6-9)12-7-18-4-3-8(14(19)20)5-13(18)17-12/h1-7H,(H,19,20). The molecule has 2 aromatic heterocycles. The van der Waals surface area contributed by atoms with Gasteiger partial charge in [0.25, 0.3) is 0 Å². The Hall–Kier alpha value is -2.21. The Bertz CT molecular complexity index is 829. The highest BCUT2D eigenvalue weighted by molar-refractivity contribution is 9.10. The number of nitrogens with zero attached hydrogens (tertiary/aromatic N) is 2. The van der Waals surface area contributed by atoms with Crippen molar-refractivity contribution < 1.29 is 14.3 Å². The predicted octanol–water partition coefficient (Wildman–Crippen LogP) is 3.60. The molecule has 4 nitrogen and oxygen atoms in total. The second kappa shape index (κ2) is 4.72. The third-order valence-corrected chi connectivity index (χ3v) is 3.40. The Kier molecular flexibility index (Phi) is 3.02. The maximum absolute atomic E-state index is 13.8. The summed E-state index contributed by atoms with van der Waals surface area (Å²) in [6.45, 7) is 0. The summed E-state index contributed by atoms with van der Waals surface area (Å²) in [7, 11) is 0. The molecule has 100 valence electrons. The van der Waals surface area contributed by atoms with Gasteiger partial charge in [-0.2, -0.15) is 0 Å². The molecule has 1 aromatic carbocycles. The van der Waals surface area contributed by atoms with E-state index in [0.717, 1.165) is 4.47 Å². The van der Waals surface area contributed by atoms with E-state index in [1.807, 2.05) is 0 Å². The Morgan fingerprint density at radius 1 is 1.30 bits per heavy atom. The summed E-state index contributed by atoms with van der Waals surface area (Å²) in [5, 5.41) is 8.95. The lowest BCUT2D eigenvalue weighted by Crippen LogP contribution is -1.96. The number of carbonyl (C=O) groups is 1. The van der Waals surface area contributed by atoms with Crippen molar-refractivity contribution in [1.82, 2.24) is 9.38 Å². The number of carboxylic acids is 1. The van der Waals surface area contributed by atoms with E-state index in [9.17, 15) is 9.18 Å². The lowest BCUT2D eigenvalue weighted by atomic mass is 10.1. The van der Waals surface area contributed by atoms with Crippen LogP contribution in [0.15, 0.2) is 47.2 Å². The highest BCUT2D eigenvalue weighted by Crippen LogP contribution is 2.26. The molecule has 0 bridgehead atoms. The molecule has 0 amide bonds. The first-order valence-corrected chi connectivity index (χ1v) is 6.51. The molecule has 0 unspecified atom stereocenters.